The van der Waals surface area contributed by atoms with Crippen molar-refractivity contribution >= 4 is 11.8 Å². The molecule has 1 aromatic heterocycles. The summed E-state index contributed by atoms with van der Waals surface area (Å²) in [6.07, 6.45) is 31.3. The molecule has 208 valence electrons. The van der Waals surface area contributed by atoms with Crippen LogP contribution in [0.15, 0.2) is 73.2 Å². The van der Waals surface area contributed by atoms with Crippen LogP contribution in [0.5, 0.6) is 0 Å². The highest BCUT2D eigenvalue weighted by atomic mass is 16.5. The van der Waals surface area contributed by atoms with Crippen molar-refractivity contribution in [2.75, 3.05) is 26.3 Å². The molecule has 0 atom stereocenters. The van der Waals surface area contributed by atoms with Crippen molar-refractivity contribution in [3.8, 4) is 0 Å². The van der Waals surface area contributed by atoms with Crippen LogP contribution in [0.4, 0.5) is 0 Å². The lowest BCUT2D eigenvalue weighted by Gasteiger charge is -2.07. The maximum Gasteiger partial charge on any atom is 0.276 e. The van der Waals surface area contributed by atoms with Gasteiger partial charge in [-0.05, 0) is 44.9 Å². The van der Waals surface area contributed by atoms with Crippen LogP contribution < -0.4 is 15.4 Å². The predicted molar refractivity (Wildman–Crippen MR) is 152 cm³/mol. The predicted octanol–water partition coefficient (Wildman–Crippen LogP) is 4.81. The van der Waals surface area contributed by atoms with E-state index in [1.807, 2.05) is 0 Å². The van der Waals surface area contributed by atoms with Crippen LogP contribution >= 0.6 is 0 Å². The first-order valence-corrected chi connectivity index (χ1v) is 13.5. The summed E-state index contributed by atoms with van der Waals surface area (Å²) < 4.78 is 6.01. The van der Waals surface area contributed by atoms with Gasteiger partial charge in [-0.25, -0.2) is 4.98 Å². The Morgan fingerprint density at radius 2 is 1.45 bits per heavy atom. The van der Waals surface area contributed by atoms with Gasteiger partial charge in [0.15, 0.2) is 5.69 Å². The number of hydrogen-bond acceptors (Lipinski definition) is 5. The molecule has 1 rings (SSSR count). The Balaban J connectivity index is 1.94. The molecule has 1 aromatic rings. The van der Waals surface area contributed by atoms with Crippen LogP contribution in [0, 0.1) is 12.1 Å². The van der Waals surface area contributed by atoms with Gasteiger partial charge in [-0.1, -0.05) is 67.7 Å². The molecule has 0 bridgehead atoms. The van der Waals surface area contributed by atoms with Gasteiger partial charge < -0.3 is 20.6 Å². The van der Waals surface area contributed by atoms with E-state index in [1.54, 1.807) is 6.92 Å². The fraction of sp³-hybridized carbons (Fsp3) is 0.467. The van der Waals surface area contributed by atoms with Crippen molar-refractivity contribution in [3.63, 3.8) is 0 Å². The average molecular weight is 525 g/mol. The summed E-state index contributed by atoms with van der Waals surface area (Å²) in [4.78, 5) is 27.7. The van der Waals surface area contributed by atoms with E-state index in [1.165, 1.54) is 6.20 Å². The summed E-state index contributed by atoms with van der Waals surface area (Å²) in [6.45, 7) is 5.12. The maximum atomic E-state index is 11.9. The van der Waals surface area contributed by atoms with E-state index in [-0.39, 0.29) is 18.1 Å². The maximum absolute atomic E-state index is 11.9. The largest absolute Gasteiger partial charge is 0.618 e. The number of aryl methyl sites for hydroxylation is 1. The van der Waals surface area contributed by atoms with Crippen molar-refractivity contribution in [2.24, 2.45) is 0 Å². The summed E-state index contributed by atoms with van der Waals surface area (Å²) in [6, 6.07) is 0. The SMILES string of the molecule is CCC=CCC=CCC=CCC=CCC=CCCCC(=O)NCCOCCNC(=O)c1c[n+]([O-])c(C)cn1. The number of unbranched alkanes of at least 4 members (excludes halogenated alkanes) is 1. The molecule has 0 saturated heterocycles. The molecule has 0 unspecified atom stereocenters. The minimum absolute atomic E-state index is 0.00520. The Bertz CT molecular complexity index is 952. The van der Waals surface area contributed by atoms with E-state index >= 15 is 0 Å². The van der Waals surface area contributed by atoms with E-state index in [0.717, 1.165) is 51.1 Å². The third-order valence-corrected chi connectivity index (χ3v) is 5.24. The van der Waals surface area contributed by atoms with Crippen molar-refractivity contribution in [3.05, 3.63) is 89.7 Å². The molecule has 0 spiro atoms. The number of aromatic nitrogens is 2. The molecular formula is C30H44N4O4. The standard InChI is InChI=1S/C30H44N4O4/c1-3-4-5-6-7-8-9-10-11-12-13-14-15-16-17-18-19-20-29(35)31-21-23-38-24-22-32-30(36)28-26-34(37)27(2)25-33-28/h4-5,7-8,10-11,13-14,16-17,25-26H,3,6,9,12,15,18-24H2,1-2H3,(H,31,35)(H,32,36). The third-order valence-electron chi connectivity index (χ3n) is 5.24. The summed E-state index contributed by atoms with van der Waals surface area (Å²) >= 11 is 0. The number of amides is 2. The Labute approximate surface area is 227 Å². The average Bonchev–Trinajstić information content (AvgIpc) is 2.91. The minimum Gasteiger partial charge on any atom is -0.618 e. The van der Waals surface area contributed by atoms with Crippen LogP contribution in [-0.4, -0.2) is 43.1 Å². The van der Waals surface area contributed by atoms with Crippen LogP contribution in [0.1, 0.15) is 74.5 Å². The van der Waals surface area contributed by atoms with Gasteiger partial charge in [0.05, 0.1) is 19.4 Å². The molecule has 0 radical (unpaired) electrons. The normalized spacial score (nSPS) is 12.1. The van der Waals surface area contributed by atoms with Gasteiger partial charge in [-0.15, -0.1) is 0 Å². The number of rotatable bonds is 20. The fourth-order valence-corrected chi connectivity index (χ4v) is 3.11. The quantitative estimate of drug-likeness (QED) is 0.110. The molecule has 0 saturated carbocycles. The van der Waals surface area contributed by atoms with Crippen LogP contribution in [0.3, 0.4) is 0 Å². The molecule has 0 aromatic carbocycles. The zero-order valence-electron chi connectivity index (χ0n) is 22.9. The zero-order chi connectivity index (χ0) is 27.7. The molecule has 0 aliphatic heterocycles. The number of nitrogens with zero attached hydrogens (tertiary/aromatic N) is 2. The van der Waals surface area contributed by atoms with E-state index in [9.17, 15) is 14.8 Å². The number of carbonyl (C=O) groups is 2. The van der Waals surface area contributed by atoms with E-state index in [2.05, 4.69) is 83.3 Å². The van der Waals surface area contributed by atoms with Crippen LogP contribution in [0.2, 0.25) is 0 Å². The molecule has 1 heterocycles. The molecule has 0 aliphatic carbocycles. The van der Waals surface area contributed by atoms with Gasteiger partial charge in [0.25, 0.3) is 5.91 Å². The zero-order valence-corrected chi connectivity index (χ0v) is 22.9. The Morgan fingerprint density at radius 3 is 2.03 bits per heavy atom. The van der Waals surface area contributed by atoms with Gasteiger partial charge >= 0.3 is 0 Å². The van der Waals surface area contributed by atoms with Crippen molar-refractivity contribution in [1.82, 2.24) is 15.6 Å². The summed E-state index contributed by atoms with van der Waals surface area (Å²) in [5.74, 6) is -0.426. The first kappa shape index (κ1) is 32.5. The Kier molecular flexibility index (Phi) is 19.4. The summed E-state index contributed by atoms with van der Waals surface area (Å²) in [5.41, 5.74) is 0.476. The number of carbonyl (C=O) groups excluding carboxylic acids is 2. The van der Waals surface area contributed by atoms with Crippen LogP contribution in [0.25, 0.3) is 0 Å². The van der Waals surface area contributed by atoms with Gasteiger partial charge in [0.2, 0.25) is 17.8 Å². The molecular weight excluding hydrogens is 480 g/mol. The van der Waals surface area contributed by atoms with E-state index < -0.39 is 5.91 Å². The minimum atomic E-state index is -0.431. The second kappa shape index (κ2) is 22.7. The van der Waals surface area contributed by atoms with Gasteiger partial charge in [-0.2, -0.15) is 4.73 Å². The van der Waals surface area contributed by atoms with Gasteiger partial charge in [0, 0.05) is 26.4 Å². The summed E-state index contributed by atoms with van der Waals surface area (Å²) in [7, 11) is 0. The van der Waals surface area contributed by atoms with Crippen molar-refractivity contribution in [1.29, 1.82) is 0 Å². The fourth-order valence-electron chi connectivity index (χ4n) is 3.11. The topological polar surface area (TPSA) is 107 Å². The molecule has 38 heavy (non-hydrogen) atoms. The third kappa shape index (κ3) is 17.8. The second-order valence-electron chi connectivity index (χ2n) is 8.56. The first-order valence-electron chi connectivity index (χ1n) is 13.5. The highest BCUT2D eigenvalue weighted by Gasteiger charge is 2.11. The lowest BCUT2D eigenvalue weighted by Crippen LogP contribution is -2.35. The lowest BCUT2D eigenvalue weighted by atomic mass is 10.2. The molecule has 2 amide bonds. The number of ether oxygens (including phenoxy) is 1. The monoisotopic (exact) mass is 524 g/mol. The lowest BCUT2D eigenvalue weighted by molar-refractivity contribution is -0.613. The van der Waals surface area contributed by atoms with E-state index in [4.69, 9.17) is 4.74 Å². The highest BCUT2D eigenvalue weighted by Crippen LogP contribution is 1.99. The molecule has 0 fully saturated rings. The number of nitrogens with one attached hydrogen (secondary N) is 2. The van der Waals surface area contributed by atoms with Crippen molar-refractivity contribution in [2.45, 2.75) is 65.2 Å². The molecule has 8 heteroatoms. The van der Waals surface area contributed by atoms with Crippen molar-refractivity contribution < 1.29 is 19.1 Å². The van der Waals surface area contributed by atoms with E-state index in [0.29, 0.717) is 36.6 Å². The smallest absolute Gasteiger partial charge is 0.276 e. The Morgan fingerprint density at radius 1 is 0.895 bits per heavy atom. The highest BCUT2D eigenvalue weighted by molar-refractivity contribution is 5.91. The van der Waals surface area contributed by atoms with Gasteiger partial charge in [-0.3, -0.25) is 9.59 Å². The number of allylic oxidation sites excluding steroid dienone is 10. The van der Waals surface area contributed by atoms with Crippen LogP contribution in [-0.2, 0) is 9.53 Å². The summed E-state index contributed by atoms with van der Waals surface area (Å²) in [5, 5.41) is 16.9. The number of hydrogen-bond donors (Lipinski definition) is 2. The first-order chi connectivity index (χ1) is 18.5. The second-order valence-corrected chi connectivity index (χ2v) is 8.56. The molecule has 8 nitrogen and oxygen atoms in total. The Hall–Kier alpha value is -3.52. The molecule has 0 aliphatic rings. The van der Waals surface area contributed by atoms with Gasteiger partial charge in [0.1, 0.15) is 0 Å². The molecule has 2 N–H and O–H groups in total.